The smallest absolute Gasteiger partial charge is 0.299 e. The van der Waals surface area contributed by atoms with Crippen LogP contribution in [-0.4, -0.2) is 17.0 Å². The van der Waals surface area contributed by atoms with Crippen LogP contribution in [0.4, 0.5) is 10.1 Å². The number of rotatable bonds is 2. The van der Waals surface area contributed by atoms with Crippen molar-refractivity contribution in [3.8, 4) is 5.75 Å². The normalized spacial score (nSPS) is 10.6. The lowest BCUT2D eigenvalue weighted by Crippen LogP contribution is -1.94. The first-order valence-electron chi connectivity index (χ1n) is 7.05. The van der Waals surface area contributed by atoms with Gasteiger partial charge in [0.1, 0.15) is 16.8 Å². The van der Waals surface area contributed by atoms with E-state index in [9.17, 15) is 14.5 Å². The fourth-order valence-corrected chi connectivity index (χ4v) is 2.30. The Kier molecular flexibility index (Phi) is 3.99. The molecule has 0 radical (unpaired) electrons. The van der Waals surface area contributed by atoms with Gasteiger partial charge in [-0.2, -0.15) is 0 Å². The van der Waals surface area contributed by atoms with Crippen LogP contribution in [0.5, 0.6) is 5.75 Å². The van der Waals surface area contributed by atoms with Gasteiger partial charge in [-0.15, -0.1) is 0 Å². The van der Waals surface area contributed by atoms with Gasteiger partial charge in [0.2, 0.25) is 0 Å². The molecule has 0 saturated carbocycles. The lowest BCUT2D eigenvalue weighted by molar-refractivity contribution is -0.383. The molecular weight excluding hydrogens is 315 g/mol. The standard InChI is InChI=1S/C11H10N2O3.C6H3FO/c1-7-3-4-8-5-9(16-2)6-10(13(14)15)11(8)12-7;7-5-3-4-1-2-6(5)8-4/h3-6H,1-2H3;1-3H. The van der Waals surface area contributed by atoms with Crippen LogP contribution < -0.4 is 4.74 Å². The Bertz CT molecular complexity index is 1010. The number of fused-ring (bicyclic) bond motifs is 3. The molecule has 0 aliphatic carbocycles. The van der Waals surface area contributed by atoms with E-state index in [-0.39, 0.29) is 11.5 Å². The number of ether oxygens (including phenoxy) is 1. The summed E-state index contributed by atoms with van der Waals surface area (Å²) in [5, 5.41) is 11.6. The number of pyridine rings is 1. The molecule has 7 heteroatoms. The van der Waals surface area contributed by atoms with Crippen molar-refractivity contribution in [2.75, 3.05) is 7.11 Å². The largest absolute Gasteiger partial charge is 0.496 e. The molecule has 0 aliphatic rings. The van der Waals surface area contributed by atoms with E-state index in [0.717, 1.165) is 5.69 Å². The number of nitrogens with zero attached hydrogens (tertiary/aromatic N) is 2. The van der Waals surface area contributed by atoms with E-state index < -0.39 is 4.92 Å². The van der Waals surface area contributed by atoms with Crippen molar-refractivity contribution in [1.29, 1.82) is 0 Å². The lowest BCUT2D eigenvalue weighted by atomic mass is 10.1. The minimum atomic E-state index is -0.447. The Morgan fingerprint density at radius 2 is 2.00 bits per heavy atom. The van der Waals surface area contributed by atoms with Crippen LogP contribution in [0.15, 0.2) is 46.9 Å². The Balaban J connectivity index is 0.000000175. The molecule has 3 aromatic heterocycles. The van der Waals surface area contributed by atoms with E-state index in [2.05, 4.69) is 4.98 Å². The van der Waals surface area contributed by atoms with Crippen LogP contribution in [0.2, 0.25) is 0 Å². The number of benzene rings is 2. The van der Waals surface area contributed by atoms with Gasteiger partial charge in [0.05, 0.1) is 18.1 Å². The summed E-state index contributed by atoms with van der Waals surface area (Å²) in [5.74, 6) is 0.201. The summed E-state index contributed by atoms with van der Waals surface area (Å²) in [6.07, 6.45) is 0. The van der Waals surface area contributed by atoms with Gasteiger partial charge in [0, 0.05) is 17.1 Å². The predicted molar refractivity (Wildman–Crippen MR) is 87.0 cm³/mol. The number of aryl methyl sites for hydroxylation is 1. The SMILES string of the molecule is COc1cc([N+](=O)[O-])c2nc(C)ccc2c1.Fc1cc2ccc1o2. The van der Waals surface area contributed by atoms with E-state index in [1.807, 2.05) is 6.07 Å². The van der Waals surface area contributed by atoms with Crippen LogP contribution in [0.3, 0.4) is 0 Å². The van der Waals surface area contributed by atoms with Crippen molar-refractivity contribution < 1.29 is 18.5 Å². The van der Waals surface area contributed by atoms with Gasteiger partial charge in [-0.25, -0.2) is 9.37 Å². The molecule has 0 amide bonds. The summed E-state index contributed by atoms with van der Waals surface area (Å²) >= 11 is 0. The Labute approximate surface area is 136 Å². The summed E-state index contributed by atoms with van der Waals surface area (Å²) in [6.45, 7) is 1.80. The molecule has 0 unspecified atom stereocenters. The van der Waals surface area contributed by atoms with Crippen LogP contribution in [0.25, 0.3) is 22.1 Å². The first-order valence-corrected chi connectivity index (χ1v) is 7.05. The Hall–Kier alpha value is -3.22. The molecule has 1 aromatic carbocycles. The topological polar surface area (TPSA) is 78.4 Å². The molecule has 4 rings (SSSR count). The number of nitro benzene ring substituents is 1. The zero-order valence-corrected chi connectivity index (χ0v) is 12.9. The van der Waals surface area contributed by atoms with E-state index in [0.29, 0.717) is 27.8 Å². The fraction of sp³-hybridized carbons (Fsp3) is 0.118. The van der Waals surface area contributed by atoms with Crippen LogP contribution in [0, 0.1) is 22.9 Å². The average Bonchev–Trinajstić information content (AvgIpc) is 3.16. The van der Waals surface area contributed by atoms with Crippen molar-refractivity contribution >= 4 is 27.8 Å². The predicted octanol–water partition coefficient (Wildman–Crippen LogP) is 4.47. The molecule has 0 aliphatic heterocycles. The summed E-state index contributed by atoms with van der Waals surface area (Å²) in [5.41, 5.74) is 2.07. The molecule has 0 atom stereocenters. The van der Waals surface area contributed by atoms with Crippen molar-refractivity contribution in [3.63, 3.8) is 0 Å². The van der Waals surface area contributed by atoms with Crippen molar-refractivity contribution in [3.05, 3.63) is 64.1 Å². The maximum absolute atomic E-state index is 12.2. The highest BCUT2D eigenvalue weighted by atomic mass is 19.1. The van der Waals surface area contributed by atoms with Gasteiger partial charge in [-0.05, 0) is 31.2 Å². The van der Waals surface area contributed by atoms with Gasteiger partial charge in [-0.1, -0.05) is 6.07 Å². The third-order valence-electron chi connectivity index (χ3n) is 3.45. The zero-order chi connectivity index (χ0) is 17.3. The first kappa shape index (κ1) is 15.7. The van der Waals surface area contributed by atoms with Crippen LogP contribution in [0.1, 0.15) is 5.69 Å². The minimum Gasteiger partial charge on any atom is -0.496 e. The third kappa shape index (κ3) is 2.96. The number of furan rings is 2. The Morgan fingerprint density at radius 1 is 1.21 bits per heavy atom. The quantitative estimate of drug-likeness (QED) is 0.401. The summed E-state index contributed by atoms with van der Waals surface area (Å²) < 4.78 is 22.1. The summed E-state index contributed by atoms with van der Waals surface area (Å²) in [7, 11) is 1.48. The molecule has 24 heavy (non-hydrogen) atoms. The second-order valence-corrected chi connectivity index (χ2v) is 5.12. The monoisotopic (exact) mass is 328 g/mol. The number of hydrogen-bond donors (Lipinski definition) is 0. The Morgan fingerprint density at radius 3 is 2.50 bits per heavy atom. The number of nitro groups is 1. The summed E-state index contributed by atoms with van der Waals surface area (Å²) in [4.78, 5) is 14.6. The third-order valence-corrected chi connectivity index (χ3v) is 3.45. The molecule has 122 valence electrons. The zero-order valence-electron chi connectivity index (χ0n) is 12.9. The van der Waals surface area contributed by atoms with Gasteiger partial charge < -0.3 is 9.15 Å². The van der Waals surface area contributed by atoms with Crippen LogP contribution in [-0.2, 0) is 0 Å². The average molecular weight is 328 g/mol. The molecule has 0 fully saturated rings. The number of aromatic nitrogens is 1. The number of non-ortho nitro benzene ring substituents is 1. The van der Waals surface area contributed by atoms with Gasteiger partial charge in [0.25, 0.3) is 5.69 Å². The van der Waals surface area contributed by atoms with Crippen molar-refractivity contribution in [1.82, 2.24) is 4.98 Å². The number of halogens is 1. The molecule has 6 nitrogen and oxygen atoms in total. The molecule has 0 saturated heterocycles. The highest BCUT2D eigenvalue weighted by molar-refractivity contribution is 5.88. The molecule has 2 bridgehead atoms. The highest BCUT2D eigenvalue weighted by Crippen LogP contribution is 2.29. The molecular formula is C17H13FN2O4. The van der Waals surface area contributed by atoms with E-state index in [1.165, 1.54) is 19.2 Å². The van der Waals surface area contributed by atoms with E-state index >= 15 is 0 Å². The maximum atomic E-state index is 12.2. The number of methoxy groups -OCH3 is 1. The van der Waals surface area contributed by atoms with Gasteiger partial charge >= 0.3 is 0 Å². The molecule has 0 spiro atoms. The van der Waals surface area contributed by atoms with E-state index in [1.54, 1.807) is 31.2 Å². The highest BCUT2D eigenvalue weighted by Gasteiger charge is 2.15. The lowest BCUT2D eigenvalue weighted by Gasteiger charge is -2.04. The van der Waals surface area contributed by atoms with E-state index in [4.69, 9.17) is 9.15 Å². The first-order chi connectivity index (χ1) is 11.5. The van der Waals surface area contributed by atoms with Gasteiger partial charge in [0.15, 0.2) is 11.4 Å². The van der Waals surface area contributed by atoms with Crippen molar-refractivity contribution in [2.24, 2.45) is 0 Å². The van der Waals surface area contributed by atoms with Crippen molar-refractivity contribution in [2.45, 2.75) is 6.92 Å². The molecule has 0 N–H and O–H groups in total. The molecule has 3 heterocycles. The van der Waals surface area contributed by atoms with Gasteiger partial charge in [-0.3, -0.25) is 10.1 Å². The molecule has 4 aromatic rings. The minimum absolute atomic E-state index is 0.0296. The fourth-order valence-electron chi connectivity index (χ4n) is 2.30. The second kappa shape index (κ2) is 6.11. The van der Waals surface area contributed by atoms with Crippen LogP contribution >= 0.6 is 0 Å². The number of hydrogen-bond acceptors (Lipinski definition) is 5. The summed E-state index contributed by atoms with van der Waals surface area (Å²) in [6, 6.07) is 11.4. The maximum Gasteiger partial charge on any atom is 0.299 e. The second-order valence-electron chi connectivity index (χ2n) is 5.12.